The highest BCUT2D eigenvalue weighted by Gasteiger charge is 2.10. The number of benzene rings is 3. The van der Waals surface area contributed by atoms with Crippen molar-refractivity contribution in [3.05, 3.63) is 92.9 Å². The van der Waals surface area contributed by atoms with Crippen molar-refractivity contribution in [3.8, 4) is 5.75 Å². The van der Waals surface area contributed by atoms with Gasteiger partial charge in [0.1, 0.15) is 5.75 Å². The molecule has 0 unspecified atom stereocenters. The molecular weight excluding hydrogens is 470 g/mol. The molecule has 2 amide bonds. The molecule has 6 nitrogen and oxygen atoms in total. The quantitative estimate of drug-likeness (QED) is 0.374. The van der Waals surface area contributed by atoms with E-state index in [4.69, 9.17) is 16.3 Å². The molecular formula is C22H17BrClN3O3. The lowest BCUT2D eigenvalue weighted by Gasteiger charge is -2.07. The summed E-state index contributed by atoms with van der Waals surface area (Å²) in [5, 5.41) is 7.09. The number of methoxy groups -OCH3 is 1. The third kappa shape index (κ3) is 5.46. The highest BCUT2D eigenvalue weighted by atomic mass is 79.9. The number of hydrazone groups is 1. The molecule has 0 heterocycles. The summed E-state index contributed by atoms with van der Waals surface area (Å²) in [6.07, 6.45) is 1.50. The van der Waals surface area contributed by atoms with Crippen molar-refractivity contribution in [1.82, 2.24) is 5.43 Å². The van der Waals surface area contributed by atoms with E-state index in [1.54, 1.807) is 61.7 Å². The van der Waals surface area contributed by atoms with E-state index in [-0.39, 0.29) is 11.8 Å². The molecule has 3 rings (SSSR count). The maximum atomic E-state index is 12.3. The fourth-order valence-corrected chi connectivity index (χ4v) is 3.18. The Labute approximate surface area is 187 Å². The molecule has 0 aliphatic rings. The zero-order valence-electron chi connectivity index (χ0n) is 15.9. The Morgan fingerprint density at radius 2 is 1.77 bits per heavy atom. The van der Waals surface area contributed by atoms with Crippen LogP contribution in [0.1, 0.15) is 26.3 Å². The number of nitrogens with one attached hydrogen (secondary N) is 2. The van der Waals surface area contributed by atoms with Crippen LogP contribution in [-0.4, -0.2) is 25.1 Å². The van der Waals surface area contributed by atoms with Gasteiger partial charge in [0.15, 0.2) is 0 Å². The standard InChI is InChI=1S/C22H17BrClN3O3/c1-30-20-11-8-16(23)12-15(20)13-25-27-21(28)14-6-9-17(10-7-14)26-22(29)18-4-2-3-5-19(18)24/h2-13H,1H3,(H,26,29)(H,27,28)/b25-13+. The fraction of sp³-hybridized carbons (Fsp3) is 0.0455. The first kappa shape index (κ1) is 21.5. The van der Waals surface area contributed by atoms with Gasteiger partial charge < -0.3 is 10.1 Å². The number of ether oxygens (including phenoxy) is 1. The number of rotatable bonds is 6. The van der Waals surface area contributed by atoms with Crippen LogP contribution in [0.15, 0.2) is 76.3 Å². The van der Waals surface area contributed by atoms with Gasteiger partial charge in [-0.2, -0.15) is 5.10 Å². The highest BCUT2D eigenvalue weighted by molar-refractivity contribution is 9.10. The van der Waals surface area contributed by atoms with Gasteiger partial charge in [-0.3, -0.25) is 9.59 Å². The average Bonchev–Trinajstić information content (AvgIpc) is 2.74. The fourth-order valence-electron chi connectivity index (χ4n) is 2.58. The van der Waals surface area contributed by atoms with Crippen LogP contribution in [0.5, 0.6) is 5.75 Å². The van der Waals surface area contributed by atoms with E-state index in [9.17, 15) is 9.59 Å². The molecule has 3 aromatic carbocycles. The lowest BCUT2D eigenvalue weighted by atomic mass is 10.1. The van der Waals surface area contributed by atoms with Gasteiger partial charge in [-0.25, -0.2) is 5.43 Å². The number of nitrogens with zero attached hydrogens (tertiary/aromatic N) is 1. The first-order valence-corrected chi connectivity index (χ1v) is 9.98. The maximum Gasteiger partial charge on any atom is 0.271 e. The number of anilines is 1. The van der Waals surface area contributed by atoms with Gasteiger partial charge >= 0.3 is 0 Å². The monoisotopic (exact) mass is 485 g/mol. The van der Waals surface area contributed by atoms with Crippen LogP contribution in [0.4, 0.5) is 5.69 Å². The number of hydrogen-bond acceptors (Lipinski definition) is 4. The zero-order valence-corrected chi connectivity index (χ0v) is 18.2. The summed E-state index contributed by atoms with van der Waals surface area (Å²) in [6.45, 7) is 0. The summed E-state index contributed by atoms with van der Waals surface area (Å²) < 4.78 is 6.13. The lowest BCUT2D eigenvalue weighted by molar-refractivity contribution is 0.0954. The number of hydrogen-bond donors (Lipinski definition) is 2. The lowest BCUT2D eigenvalue weighted by Crippen LogP contribution is -2.18. The van der Waals surface area contributed by atoms with Crippen LogP contribution in [0, 0.1) is 0 Å². The molecule has 0 atom stereocenters. The molecule has 0 bridgehead atoms. The Morgan fingerprint density at radius 1 is 1.03 bits per heavy atom. The highest BCUT2D eigenvalue weighted by Crippen LogP contribution is 2.21. The SMILES string of the molecule is COc1ccc(Br)cc1/C=N/NC(=O)c1ccc(NC(=O)c2ccccc2Cl)cc1. The Hall–Kier alpha value is -3.16. The van der Waals surface area contributed by atoms with E-state index in [0.717, 1.165) is 4.47 Å². The van der Waals surface area contributed by atoms with E-state index in [1.165, 1.54) is 6.21 Å². The Kier molecular flexibility index (Phi) is 7.21. The summed E-state index contributed by atoms with van der Waals surface area (Å²) in [4.78, 5) is 24.6. The molecule has 0 saturated heterocycles. The summed E-state index contributed by atoms with van der Waals surface area (Å²) in [5.41, 5.74) is 4.49. The van der Waals surface area contributed by atoms with Crippen molar-refractivity contribution >= 4 is 51.2 Å². The number of halogens is 2. The minimum Gasteiger partial charge on any atom is -0.496 e. The average molecular weight is 487 g/mol. The van der Waals surface area contributed by atoms with Crippen LogP contribution >= 0.6 is 27.5 Å². The molecule has 0 aliphatic carbocycles. The van der Waals surface area contributed by atoms with Crippen molar-refractivity contribution in [3.63, 3.8) is 0 Å². The summed E-state index contributed by atoms with van der Waals surface area (Å²) in [6, 6.07) is 18.7. The summed E-state index contributed by atoms with van der Waals surface area (Å²) in [7, 11) is 1.56. The third-order valence-corrected chi connectivity index (χ3v) is 4.91. The molecule has 0 aliphatic heterocycles. The topological polar surface area (TPSA) is 79.8 Å². The molecule has 0 radical (unpaired) electrons. The first-order chi connectivity index (χ1) is 14.5. The Balaban J connectivity index is 1.62. The largest absolute Gasteiger partial charge is 0.496 e. The van der Waals surface area contributed by atoms with Gasteiger partial charge in [0.05, 0.1) is 23.9 Å². The van der Waals surface area contributed by atoms with E-state index < -0.39 is 0 Å². The molecule has 0 fully saturated rings. The number of carbonyl (C=O) groups is 2. The Bertz CT molecular complexity index is 1100. The van der Waals surface area contributed by atoms with Crippen molar-refractivity contribution in [2.45, 2.75) is 0 Å². The normalized spacial score (nSPS) is 10.6. The maximum absolute atomic E-state index is 12.3. The van der Waals surface area contributed by atoms with Crippen LogP contribution in [-0.2, 0) is 0 Å². The van der Waals surface area contributed by atoms with Crippen LogP contribution in [0.25, 0.3) is 0 Å². The van der Waals surface area contributed by atoms with Gasteiger partial charge in [-0.1, -0.05) is 39.7 Å². The van der Waals surface area contributed by atoms with Crippen molar-refractivity contribution < 1.29 is 14.3 Å². The van der Waals surface area contributed by atoms with Gasteiger partial charge in [-0.15, -0.1) is 0 Å². The summed E-state index contributed by atoms with van der Waals surface area (Å²) in [5.74, 6) is -0.0793. The van der Waals surface area contributed by atoms with E-state index in [0.29, 0.717) is 33.1 Å². The second kappa shape index (κ2) is 10.0. The van der Waals surface area contributed by atoms with E-state index >= 15 is 0 Å². The minimum atomic E-state index is -0.385. The van der Waals surface area contributed by atoms with Crippen molar-refractivity contribution in [1.29, 1.82) is 0 Å². The van der Waals surface area contributed by atoms with Crippen LogP contribution in [0.3, 0.4) is 0 Å². The summed E-state index contributed by atoms with van der Waals surface area (Å²) >= 11 is 9.42. The van der Waals surface area contributed by atoms with Gasteiger partial charge in [0.25, 0.3) is 11.8 Å². The second-order valence-electron chi connectivity index (χ2n) is 6.10. The molecule has 30 heavy (non-hydrogen) atoms. The molecule has 2 N–H and O–H groups in total. The molecule has 0 aromatic heterocycles. The van der Waals surface area contributed by atoms with Crippen molar-refractivity contribution in [2.75, 3.05) is 12.4 Å². The minimum absolute atomic E-state index is 0.328. The van der Waals surface area contributed by atoms with Crippen LogP contribution in [0.2, 0.25) is 5.02 Å². The number of carbonyl (C=O) groups excluding carboxylic acids is 2. The van der Waals surface area contributed by atoms with Gasteiger partial charge in [0.2, 0.25) is 0 Å². The number of amides is 2. The van der Waals surface area contributed by atoms with Crippen LogP contribution < -0.4 is 15.5 Å². The third-order valence-electron chi connectivity index (χ3n) is 4.08. The second-order valence-corrected chi connectivity index (χ2v) is 7.42. The van der Waals surface area contributed by atoms with Gasteiger partial charge in [-0.05, 0) is 54.6 Å². The molecule has 0 saturated carbocycles. The molecule has 8 heteroatoms. The first-order valence-electron chi connectivity index (χ1n) is 8.81. The van der Waals surface area contributed by atoms with E-state index in [2.05, 4.69) is 31.8 Å². The smallest absolute Gasteiger partial charge is 0.271 e. The van der Waals surface area contributed by atoms with E-state index in [1.807, 2.05) is 12.1 Å². The zero-order chi connectivity index (χ0) is 21.5. The van der Waals surface area contributed by atoms with Gasteiger partial charge in [0, 0.05) is 21.3 Å². The Morgan fingerprint density at radius 3 is 2.47 bits per heavy atom. The molecule has 152 valence electrons. The predicted molar refractivity (Wildman–Crippen MR) is 122 cm³/mol. The molecule has 0 spiro atoms. The van der Waals surface area contributed by atoms with Crippen molar-refractivity contribution in [2.24, 2.45) is 5.10 Å². The predicted octanol–water partition coefficient (Wildman–Crippen LogP) is 5.13. The molecule has 3 aromatic rings.